The molecule has 0 saturated heterocycles. The number of rotatable bonds is 3. The Labute approximate surface area is 136 Å². The Balaban J connectivity index is 1.36. The van der Waals surface area contributed by atoms with Crippen LogP contribution >= 0.6 is 0 Å². The van der Waals surface area contributed by atoms with Crippen LogP contribution in [0.4, 0.5) is 0 Å². The summed E-state index contributed by atoms with van der Waals surface area (Å²) < 4.78 is 0. The van der Waals surface area contributed by atoms with Gasteiger partial charge in [0, 0.05) is 23.4 Å². The fourth-order valence-electron chi connectivity index (χ4n) is 5.71. The number of H-pyrrole nitrogens is 1. The standard InChI is InChI=1S/C19H24N2O2/c22-17-9-15(8-16(20-17)12-1-2-12)19(23)21-18-13-4-10-3-11(6-13)7-14(18)5-10/h8-14,18H,1-7H2,(H,20,22)(H,21,23). The van der Waals surface area contributed by atoms with Crippen LogP contribution in [0.15, 0.2) is 16.9 Å². The number of pyridine rings is 1. The predicted octanol–water partition coefficient (Wildman–Crippen LogP) is 2.81. The third-order valence-corrected chi connectivity index (χ3v) is 6.67. The van der Waals surface area contributed by atoms with Gasteiger partial charge >= 0.3 is 0 Å². The van der Waals surface area contributed by atoms with Crippen LogP contribution < -0.4 is 10.9 Å². The maximum absolute atomic E-state index is 12.7. The normalized spacial score (nSPS) is 37.8. The summed E-state index contributed by atoms with van der Waals surface area (Å²) in [5, 5.41) is 3.30. The van der Waals surface area contributed by atoms with Crippen LogP contribution in [0.25, 0.3) is 0 Å². The van der Waals surface area contributed by atoms with Crippen molar-refractivity contribution in [2.75, 3.05) is 0 Å². The fraction of sp³-hybridized carbons (Fsp3) is 0.684. The van der Waals surface area contributed by atoms with Crippen molar-refractivity contribution in [1.82, 2.24) is 10.3 Å². The minimum absolute atomic E-state index is 0.0459. The molecule has 122 valence electrons. The average Bonchev–Trinajstić information content (AvgIpc) is 3.34. The molecule has 0 spiro atoms. The van der Waals surface area contributed by atoms with Gasteiger partial charge in [-0.3, -0.25) is 9.59 Å². The summed E-state index contributed by atoms with van der Waals surface area (Å²) in [6, 6.07) is 3.68. The molecule has 1 heterocycles. The summed E-state index contributed by atoms with van der Waals surface area (Å²) in [4.78, 5) is 27.5. The smallest absolute Gasteiger partial charge is 0.251 e. The predicted molar refractivity (Wildman–Crippen MR) is 87.3 cm³/mol. The van der Waals surface area contributed by atoms with Gasteiger partial charge in [0.05, 0.1) is 0 Å². The highest BCUT2D eigenvalue weighted by atomic mass is 16.2. The van der Waals surface area contributed by atoms with Crippen LogP contribution in [0, 0.1) is 23.7 Å². The van der Waals surface area contributed by atoms with E-state index in [1.54, 1.807) is 0 Å². The van der Waals surface area contributed by atoms with Crippen molar-refractivity contribution in [3.05, 3.63) is 33.7 Å². The first kappa shape index (κ1) is 13.8. The van der Waals surface area contributed by atoms with Crippen LogP contribution in [0.3, 0.4) is 0 Å². The summed E-state index contributed by atoms with van der Waals surface area (Å²) in [5.74, 6) is 3.56. The zero-order valence-electron chi connectivity index (χ0n) is 13.4. The Hall–Kier alpha value is -1.58. The van der Waals surface area contributed by atoms with Gasteiger partial charge in [0.1, 0.15) is 0 Å². The molecule has 0 aliphatic heterocycles. The van der Waals surface area contributed by atoms with Crippen LogP contribution in [-0.2, 0) is 0 Å². The van der Waals surface area contributed by atoms with E-state index in [4.69, 9.17) is 0 Å². The molecule has 1 aromatic rings. The van der Waals surface area contributed by atoms with Crippen LogP contribution in [-0.4, -0.2) is 16.9 Å². The Bertz CT molecular complexity index is 676. The molecule has 1 aromatic heterocycles. The van der Waals surface area contributed by atoms with E-state index in [0.29, 0.717) is 29.4 Å². The lowest BCUT2D eigenvalue weighted by atomic mass is 9.54. The summed E-state index contributed by atoms with van der Waals surface area (Å²) in [6.45, 7) is 0. The van der Waals surface area contributed by atoms with Crippen molar-refractivity contribution in [2.24, 2.45) is 23.7 Å². The summed E-state index contributed by atoms with van der Waals surface area (Å²) in [7, 11) is 0. The van der Waals surface area contributed by atoms with E-state index in [0.717, 1.165) is 30.4 Å². The molecule has 2 N–H and O–H groups in total. The molecule has 4 bridgehead atoms. The minimum atomic E-state index is -0.148. The number of aromatic nitrogens is 1. The van der Waals surface area contributed by atoms with Gasteiger partial charge < -0.3 is 10.3 Å². The van der Waals surface area contributed by atoms with E-state index in [2.05, 4.69) is 10.3 Å². The first-order valence-corrected chi connectivity index (χ1v) is 9.21. The maximum atomic E-state index is 12.7. The number of aromatic amines is 1. The molecule has 1 amide bonds. The molecule has 0 unspecified atom stereocenters. The Morgan fingerprint density at radius 1 is 1.00 bits per heavy atom. The largest absolute Gasteiger partial charge is 0.349 e. The second-order valence-electron chi connectivity index (χ2n) is 8.39. The topological polar surface area (TPSA) is 62.0 Å². The average molecular weight is 312 g/mol. The minimum Gasteiger partial charge on any atom is -0.349 e. The number of amides is 1. The quantitative estimate of drug-likeness (QED) is 0.901. The first-order chi connectivity index (χ1) is 11.2. The number of carbonyl (C=O) groups is 1. The monoisotopic (exact) mass is 312 g/mol. The molecule has 0 atom stereocenters. The molecule has 0 radical (unpaired) electrons. The summed E-state index contributed by atoms with van der Waals surface area (Å²) in [6.07, 6.45) is 8.84. The van der Waals surface area contributed by atoms with Crippen LogP contribution in [0.5, 0.6) is 0 Å². The lowest BCUT2D eigenvalue weighted by Crippen LogP contribution is -2.55. The molecule has 4 nitrogen and oxygen atoms in total. The van der Waals surface area contributed by atoms with Crippen molar-refractivity contribution < 1.29 is 4.79 Å². The Morgan fingerprint density at radius 3 is 2.26 bits per heavy atom. The SMILES string of the molecule is O=C(NC1C2CC3CC(C2)CC1C3)c1cc(C2CC2)[nH]c(=O)c1. The lowest BCUT2D eigenvalue weighted by Gasteiger charge is -2.54. The van der Waals surface area contributed by atoms with Crippen molar-refractivity contribution in [3.63, 3.8) is 0 Å². The molecule has 0 aromatic carbocycles. The van der Waals surface area contributed by atoms with E-state index < -0.39 is 0 Å². The summed E-state index contributed by atoms with van der Waals surface area (Å²) >= 11 is 0. The van der Waals surface area contributed by atoms with Crippen LogP contribution in [0.1, 0.15) is 66.9 Å². The zero-order chi connectivity index (χ0) is 15.6. The van der Waals surface area contributed by atoms with Gasteiger partial charge in [0.15, 0.2) is 0 Å². The van der Waals surface area contributed by atoms with Gasteiger partial charge in [-0.05, 0) is 80.6 Å². The first-order valence-electron chi connectivity index (χ1n) is 9.21. The molecule has 5 aliphatic rings. The van der Waals surface area contributed by atoms with E-state index in [-0.39, 0.29) is 11.5 Å². The van der Waals surface area contributed by atoms with Crippen molar-refractivity contribution in [1.29, 1.82) is 0 Å². The molecule has 5 saturated carbocycles. The third-order valence-electron chi connectivity index (χ3n) is 6.67. The molecular weight excluding hydrogens is 288 g/mol. The highest BCUT2D eigenvalue weighted by Crippen LogP contribution is 2.53. The van der Waals surface area contributed by atoms with E-state index in [1.165, 1.54) is 38.2 Å². The van der Waals surface area contributed by atoms with E-state index in [1.807, 2.05) is 6.07 Å². The molecule has 5 fully saturated rings. The number of nitrogens with one attached hydrogen (secondary N) is 2. The lowest BCUT2D eigenvalue weighted by molar-refractivity contribution is -0.0119. The van der Waals surface area contributed by atoms with Gasteiger partial charge in [0.25, 0.3) is 5.91 Å². The van der Waals surface area contributed by atoms with E-state index in [9.17, 15) is 9.59 Å². The maximum Gasteiger partial charge on any atom is 0.251 e. The Kier molecular flexibility index (Phi) is 2.98. The Morgan fingerprint density at radius 2 is 1.65 bits per heavy atom. The second kappa shape index (κ2) is 4.96. The van der Waals surface area contributed by atoms with Crippen molar-refractivity contribution in [3.8, 4) is 0 Å². The van der Waals surface area contributed by atoms with Gasteiger partial charge in [-0.15, -0.1) is 0 Å². The van der Waals surface area contributed by atoms with Crippen LogP contribution in [0.2, 0.25) is 0 Å². The van der Waals surface area contributed by atoms with Gasteiger partial charge in [-0.25, -0.2) is 0 Å². The van der Waals surface area contributed by atoms with E-state index >= 15 is 0 Å². The number of hydrogen-bond acceptors (Lipinski definition) is 2. The van der Waals surface area contributed by atoms with Gasteiger partial charge in [-0.2, -0.15) is 0 Å². The molecule has 6 rings (SSSR count). The molecule has 4 heteroatoms. The second-order valence-corrected chi connectivity index (χ2v) is 8.39. The zero-order valence-corrected chi connectivity index (χ0v) is 13.4. The summed E-state index contributed by atoms with van der Waals surface area (Å²) in [5.41, 5.74) is 1.34. The van der Waals surface area contributed by atoms with Gasteiger partial charge in [-0.1, -0.05) is 0 Å². The molecular formula is C19H24N2O2. The van der Waals surface area contributed by atoms with Crippen molar-refractivity contribution >= 4 is 5.91 Å². The molecule has 5 aliphatic carbocycles. The van der Waals surface area contributed by atoms with Crippen molar-refractivity contribution in [2.45, 2.75) is 56.9 Å². The number of carbonyl (C=O) groups excluding carboxylic acids is 1. The number of hydrogen-bond donors (Lipinski definition) is 2. The third kappa shape index (κ3) is 2.43. The fourth-order valence-corrected chi connectivity index (χ4v) is 5.71. The highest BCUT2D eigenvalue weighted by molar-refractivity contribution is 5.94. The molecule has 23 heavy (non-hydrogen) atoms. The van der Waals surface area contributed by atoms with Gasteiger partial charge in [0.2, 0.25) is 5.56 Å². The highest BCUT2D eigenvalue weighted by Gasteiger charge is 2.48.